The Morgan fingerprint density at radius 2 is 1.25 bits per heavy atom. The fraction of sp³-hybridized carbons (Fsp3) is 0.703. The second-order valence-corrected chi connectivity index (χ2v) is 21.3. The van der Waals surface area contributed by atoms with Gasteiger partial charge in [0.25, 0.3) is 0 Å². The van der Waals surface area contributed by atoms with Crippen molar-refractivity contribution in [3.05, 3.63) is 29.8 Å². The monoisotopic (exact) mass is 824 g/mol. The van der Waals surface area contributed by atoms with Gasteiger partial charge in [0.1, 0.15) is 18.6 Å². The Labute approximate surface area is 315 Å². The van der Waals surface area contributed by atoms with Crippen molar-refractivity contribution in [2.75, 3.05) is 19.8 Å². The van der Waals surface area contributed by atoms with Crippen LogP contribution < -0.4 is 5.19 Å². The van der Waals surface area contributed by atoms with Crippen LogP contribution in [-0.4, -0.2) is 76.1 Å². The van der Waals surface area contributed by atoms with Crippen molar-refractivity contribution in [1.29, 1.82) is 0 Å². The van der Waals surface area contributed by atoms with Crippen LogP contribution in [0.5, 0.6) is 0 Å². The first-order valence-electron chi connectivity index (χ1n) is 17.6. The molecule has 0 aliphatic carbocycles. The van der Waals surface area contributed by atoms with E-state index >= 15 is 0 Å². The van der Waals surface area contributed by atoms with E-state index in [9.17, 15) is 37.1 Å². The van der Waals surface area contributed by atoms with E-state index in [2.05, 4.69) is 47.7 Å². The van der Waals surface area contributed by atoms with Crippen molar-refractivity contribution < 1.29 is 60.8 Å². The maximum Gasteiger partial charge on any atom is 0.389 e. The molecule has 1 rings (SSSR count). The molecule has 0 fully saturated rings. The standard InChI is InChI=1S/C37H56BrF3O10Si/c1-25(51-32(44)26(2)50-27(3)42)31(43)48-23-36(6,34(46)47-21-15-13-11-10-12-14-20-37(39,40)41)24-49-33(45)35(4,5)22-30(38)28-16-18-29(19-17-28)52(7,8)9/h16-19,25-26,30H,10-15,20-24H2,1-9H3. The number of carbonyl (C=O) groups is 5. The molecule has 1 aromatic carbocycles. The Bertz CT molecular complexity index is 1330. The van der Waals surface area contributed by atoms with Gasteiger partial charge < -0.3 is 23.7 Å². The number of hydrogen-bond donors (Lipinski definition) is 0. The van der Waals surface area contributed by atoms with Crippen LogP contribution in [0, 0.1) is 10.8 Å². The Hall–Kier alpha value is -2.94. The molecule has 0 radical (unpaired) electrons. The first-order chi connectivity index (χ1) is 23.9. The third-order valence-electron chi connectivity index (χ3n) is 8.32. The summed E-state index contributed by atoms with van der Waals surface area (Å²) in [6.45, 7) is 14.2. The highest BCUT2D eigenvalue weighted by Crippen LogP contribution is 2.37. The molecular formula is C37H56BrF3O10Si. The minimum atomic E-state index is -4.16. The molecule has 0 saturated heterocycles. The molecular weight excluding hydrogens is 769 g/mol. The quantitative estimate of drug-likeness (QED) is 0.0374. The molecule has 1 aromatic rings. The van der Waals surface area contributed by atoms with Crippen molar-refractivity contribution >= 4 is 59.0 Å². The van der Waals surface area contributed by atoms with Crippen molar-refractivity contribution in [1.82, 2.24) is 0 Å². The molecule has 0 aliphatic heterocycles. The number of carbonyl (C=O) groups excluding carboxylic acids is 5. The molecule has 0 saturated carbocycles. The summed E-state index contributed by atoms with van der Waals surface area (Å²) in [6.07, 6.45) is -4.42. The highest BCUT2D eigenvalue weighted by molar-refractivity contribution is 9.09. The summed E-state index contributed by atoms with van der Waals surface area (Å²) in [5.74, 6) is -4.08. The van der Waals surface area contributed by atoms with E-state index in [1.54, 1.807) is 13.8 Å². The van der Waals surface area contributed by atoms with Crippen molar-refractivity contribution in [2.24, 2.45) is 10.8 Å². The largest absolute Gasteiger partial charge is 0.465 e. The first-order valence-corrected chi connectivity index (χ1v) is 22.0. The number of esters is 5. The highest BCUT2D eigenvalue weighted by Gasteiger charge is 2.41. The summed E-state index contributed by atoms with van der Waals surface area (Å²) in [5.41, 5.74) is -1.63. The number of benzene rings is 1. The van der Waals surface area contributed by atoms with Gasteiger partial charge in [-0.15, -0.1) is 0 Å². The predicted octanol–water partition coefficient (Wildman–Crippen LogP) is 7.90. The number of halogens is 4. The third-order valence-corrected chi connectivity index (χ3v) is 11.2. The van der Waals surface area contributed by atoms with Crippen LogP contribution in [0.15, 0.2) is 24.3 Å². The Morgan fingerprint density at radius 1 is 0.731 bits per heavy atom. The molecule has 10 nitrogen and oxygen atoms in total. The molecule has 15 heteroatoms. The Balaban J connectivity index is 2.91. The lowest BCUT2D eigenvalue weighted by Crippen LogP contribution is -2.43. The van der Waals surface area contributed by atoms with E-state index in [0.717, 1.165) is 12.5 Å². The van der Waals surface area contributed by atoms with Gasteiger partial charge in [-0.25, -0.2) is 9.59 Å². The number of rotatable bonds is 22. The minimum Gasteiger partial charge on any atom is -0.465 e. The van der Waals surface area contributed by atoms with Crippen molar-refractivity contribution in [3.63, 3.8) is 0 Å². The summed E-state index contributed by atoms with van der Waals surface area (Å²) < 4.78 is 63.3. The molecule has 0 amide bonds. The highest BCUT2D eigenvalue weighted by atomic mass is 79.9. The zero-order valence-corrected chi connectivity index (χ0v) is 34.5. The van der Waals surface area contributed by atoms with Gasteiger partial charge in [0.05, 0.1) is 20.1 Å². The van der Waals surface area contributed by atoms with Crippen LogP contribution in [0.4, 0.5) is 13.2 Å². The number of unbranched alkanes of at least 4 members (excludes halogenated alkanes) is 5. The number of ether oxygens (including phenoxy) is 5. The van der Waals surface area contributed by atoms with E-state index in [1.165, 1.54) is 26.0 Å². The molecule has 0 spiro atoms. The lowest BCUT2D eigenvalue weighted by molar-refractivity contribution is -0.182. The average molecular weight is 826 g/mol. The fourth-order valence-corrected chi connectivity index (χ4v) is 7.14. The number of alkyl halides is 4. The lowest BCUT2D eigenvalue weighted by atomic mass is 9.86. The van der Waals surface area contributed by atoms with Crippen molar-refractivity contribution in [2.45, 2.75) is 136 Å². The molecule has 0 bridgehead atoms. The molecule has 0 N–H and O–H groups in total. The zero-order valence-electron chi connectivity index (χ0n) is 31.9. The average Bonchev–Trinajstić information content (AvgIpc) is 3.03. The molecule has 4 atom stereocenters. The van der Waals surface area contributed by atoms with Gasteiger partial charge >= 0.3 is 36.0 Å². The first kappa shape index (κ1) is 47.1. The summed E-state index contributed by atoms with van der Waals surface area (Å²) in [7, 11) is -1.48. The molecule has 4 unspecified atom stereocenters. The van der Waals surface area contributed by atoms with Crippen LogP contribution in [0.3, 0.4) is 0 Å². The Kier molecular flexibility index (Phi) is 19.1. The fourth-order valence-electron chi connectivity index (χ4n) is 4.86. The molecule has 0 heterocycles. The molecule has 52 heavy (non-hydrogen) atoms. The second kappa shape index (κ2) is 21.1. The van der Waals surface area contributed by atoms with Gasteiger partial charge in [-0.05, 0) is 59.4 Å². The van der Waals surface area contributed by atoms with E-state index < -0.39 is 86.8 Å². The van der Waals surface area contributed by atoms with Crippen LogP contribution in [0.1, 0.15) is 103 Å². The minimum absolute atomic E-state index is 0.00578. The second-order valence-electron chi connectivity index (χ2n) is 15.1. The van der Waals surface area contributed by atoms with Gasteiger partial charge in [0, 0.05) is 18.2 Å². The molecule has 296 valence electrons. The third kappa shape index (κ3) is 17.7. The van der Waals surface area contributed by atoms with Gasteiger partial charge in [0.15, 0.2) is 12.2 Å². The summed E-state index contributed by atoms with van der Waals surface area (Å²) in [4.78, 5) is 62.7. The van der Waals surface area contributed by atoms with Gasteiger partial charge in [-0.1, -0.05) is 90.7 Å². The molecule has 0 aliphatic rings. The maximum absolute atomic E-state index is 13.4. The number of hydrogen-bond acceptors (Lipinski definition) is 10. The van der Waals surface area contributed by atoms with Gasteiger partial charge in [-0.3, -0.25) is 14.4 Å². The van der Waals surface area contributed by atoms with Crippen LogP contribution in [-0.2, 0) is 47.7 Å². The summed E-state index contributed by atoms with van der Waals surface area (Å²) >= 11 is 3.70. The normalized spacial score (nSPS) is 15.0. The van der Waals surface area contributed by atoms with E-state index in [4.69, 9.17) is 23.7 Å². The van der Waals surface area contributed by atoms with E-state index in [-0.39, 0.29) is 17.9 Å². The lowest BCUT2D eigenvalue weighted by Gasteiger charge is -2.30. The van der Waals surface area contributed by atoms with Gasteiger partial charge in [0.2, 0.25) is 0 Å². The summed E-state index contributed by atoms with van der Waals surface area (Å²) in [5, 5.41) is 1.31. The van der Waals surface area contributed by atoms with Gasteiger partial charge in [-0.2, -0.15) is 13.2 Å². The SMILES string of the molecule is CC(=O)OC(C)C(=O)OC(C)C(=O)OCC(C)(COC(=O)C(C)(C)CC(Br)c1ccc([Si](C)(C)C)cc1)C(=O)OCCCCCCCCC(F)(F)F. The predicted molar refractivity (Wildman–Crippen MR) is 196 cm³/mol. The van der Waals surface area contributed by atoms with Crippen LogP contribution in [0.2, 0.25) is 19.6 Å². The van der Waals surface area contributed by atoms with E-state index in [0.29, 0.717) is 38.5 Å². The van der Waals surface area contributed by atoms with Crippen molar-refractivity contribution in [3.8, 4) is 0 Å². The maximum atomic E-state index is 13.4. The zero-order chi connectivity index (χ0) is 39.9. The van der Waals surface area contributed by atoms with Crippen LogP contribution >= 0.6 is 15.9 Å². The summed E-state index contributed by atoms with van der Waals surface area (Å²) in [6, 6.07) is 8.30. The topological polar surface area (TPSA) is 132 Å². The molecule has 0 aromatic heterocycles. The smallest absolute Gasteiger partial charge is 0.389 e. The van der Waals surface area contributed by atoms with Crippen LogP contribution in [0.25, 0.3) is 0 Å². The van der Waals surface area contributed by atoms with E-state index in [1.807, 2.05) is 12.1 Å². The Morgan fingerprint density at radius 3 is 1.79 bits per heavy atom.